The highest BCUT2D eigenvalue weighted by molar-refractivity contribution is 7.10. The number of anilines is 1. The second-order valence-electron chi connectivity index (χ2n) is 4.79. The smallest absolute Gasteiger partial charge is 0.112 e. The Morgan fingerprint density at radius 2 is 2.06 bits per heavy atom. The molecule has 0 amide bonds. The summed E-state index contributed by atoms with van der Waals surface area (Å²) in [5.41, 5.74) is 8.99. The van der Waals surface area contributed by atoms with E-state index in [1.54, 1.807) is 11.5 Å². The molecule has 1 aliphatic carbocycles. The van der Waals surface area contributed by atoms with E-state index in [1.165, 1.54) is 23.4 Å². The molecule has 1 heterocycles. The lowest BCUT2D eigenvalue weighted by molar-refractivity contribution is 0.929. The third kappa shape index (κ3) is 2.26. The van der Waals surface area contributed by atoms with Crippen LogP contribution >= 0.6 is 11.5 Å². The van der Waals surface area contributed by atoms with Gasteiger partial charge in [0.25, 0.3) is 0 Å². The summed E-state index contributed by atoms with van der Waals surface area (Å²) >= 11 is 1.58. The molecule has 0 radical (unpaired) electrons. The van der Waals surface area contributed by atoms with Gasteiger partial charge in [-0.05, 0) is 29.9 Å². The molecule has 0 unspecified atom stereocenters. The van der Waals surface area contributed by atoms with Gasteiger partial charge in [0.2, 0.25) is 0 Å². The lowest BCUT2D eigenvalue weighted by atomic mass is 10.1. The van der Waals surface area contributed by atoms with Crippen LogP contribution in [0.1, 0.15) is 18.4 Å². The quantitative estimate of drug-likeness (QED) is 0.918. The molecule has 1 aromatic carbocycles. The molecular formula is C14H17N3S. The molecule has 2 N–H and O–H groups in total. The van der Waals surface area contributed by atoms with E-state index in [9.17, 15) is 0 Å². The zero-order valence-electron chi connectivity index (χ0n) is 10.5. The fraction of sp³-hybridized carbons (Fsp3) is 0.357. The Morgan fingerprint density at radius 3 is 2.67 bits per heavy atom. The van der Waals surface area contributed by atoms with Gasteiger partial charge in [0, 0.05) is 31.3 Å². The van der Waals surface area contributed by atoms with Crippen molar-refractivity contribution in [3.8, 4) is 11.3 Å². The van der Waals surface area contributed by atoms with E-state index in [0.717, 1.165) is 17.3 Å². The van der Waals surface area contributed by atoms with Crippen LogP contribution in [0.4, 0.5) is 5.00 Å². The Bertz CT molecular complexity index is 528. The van der Waals surface area contributed by atoms with Gasteiger partial charge in [0.1, 0.15) is 5.00 Å². The van der Waals surface area contributed by atoms with Crippen molar-refractivity contribution in [1.82, 2.24) is 4.37 Å². The van der Waals surface area contributed by atoms with E-state index in [0.29, 0.717) is 6.54 Å². The number of rotatable bonds is 4. The second-order valence-corrected chi connectivity index (χ2v) is 5.58. The summed E-state index contributed by atoms with van der Waals surface area (Å²) in [6.45, 7) is 0.590. The van der Waals surface area contributed by atoms with Gasteiger partial charge in [0.15, 0.2) is 0 Å². The molecule has 0 bridgehead atoms. The van der Waals surface area contributed by atoms with E-state index in [2.05, 4.69) is 46.7 Å². The maximum Gasteiger partial charge on any atom is 0.112 e. The minimum absolute atomic E-state index is 0.590. The first kappa shape index (κ1) is 11.7. The van der Waals surface area contributed by atoms with Gasteiger partial charge >= 0.3 is 0 Å². The standard InChI is InChI=1S/C14H17N3S/c1-17(12-6-7-12)14-8-13(16-18-14)11-4-2-10(9-15)3-5-11/h2-5,8,12H,6-7,9,15H2,1H3. The Labute approximate surface area is 111 Å². The molecule has 0 spiro atoms. The van der Waals surface area contributed by atoms with Gasteiger partial charge < -0.3 is 10.6 Å². The van der Waals surface area contributed by atoms with Crippen LogP contribution in [0.15, 0.2) is 30.3 Å². The van der Waals surface area contributed by atoms with Crippen molar-refractivity contribution in [2.45, 2.75) is 25.4 Å². The molecule has 2 aromatic rings. The molecule has 1 aliphatic rings. The summed E-state index contributed by atoms with van der Waals surface area (Å²) in [5, 5.41) is 1.26. The first-order chi connectivity index (χ1) is 8.78. The number of aromatic nitrogens is 1. The number of nitrogens with zero attached hydrogens (tertiary/aromatic N) is 2. The van der Waals surface area contributed by atoms with Gasteiger partial charge in [-0.2, -0.15) is 4.37 Å². The molecule has 18 heavy (non-hydrogen) atoms. The lowest BCUT2D eigenvalue weighted by Gasteiger charge is -2.14. The SMILES string of the molecule is CN(c1cc(-c2ccc(CN)cc2)ns1)C1CC1. The zero-order chi connectivity index (χ0) is 12.5. The van der Waals surface area contributed by atoms with Gasteiger partial charge in [0.05, 0.1) is 5.69 Å². The maximum atomic E-state index is 5.60. The number of benzene rings is 1. The third-order valence-corrected chi connectivity index (χ3v) is 4.31. The van der Waals surface area contributed by atoms with Crippen LogP contribution in [0.5, 0.6) is 0 Å². The topological polar surface area (TPSA) is 42.1 Å². The highest BCUT2D eigenvalue weighted by Crippen LogP contribution is 2.34. The summed E-state index contributed by atoms with van der Waals surface area (Å²) < 4.78 is 4.54. The van der Waals surface area contributed by atoms with Crippen molar-refractivity contribution in [1.29, 1.82) is 0 Å². The third-order valence-electron chi connectivity index (χ3n) is 3.43. The van der Waals surface area contributed by atoms with Crippen LogP contribution < -0.4 is 10.6 Å². The Hall–Kier alpha value is -1.39. The summed E-state index contributed by atoms with van der Waals surface area (Å²) in [6.07, 6.45) is 2.63. The molecule has 0 atom stereocenters. The van der Waals surface area contributed by atoms with Crippen molar-refractivity contribution in [3.63, 3.8) is 0 Å². The molecule has 1 aromatic heterocycles. The second kappa shape index (κ2) is 4.71. The fourth-order valence-corrected chi connectivity index (χ4v) is 2.81. The molecular weight excluding hydrogens is 242 g/mol. The molecule has 3 nitrogen and oxygen atoms in total. The number of hydrogen-bond acceptors (Lipinski definition) is 4. The average Bonchev–Trinajstić information content (AvgIpc) is 3.15. The van der Waals surface area contributed by atoms with Gasteiger partial charge in [-0.25, -0.2) is 0 Å². The minimum atomic E-state index is 0.590. The molecule has 0 aliphatic heterocycles. The summed E-state index contributed by atoms with van der Waals surface area (Å²) in [6, 6.07) is 11.2. The minimum Gasteiger partial charge on any atom is -0.362 e. The van der Waals surface area contributed by atoms with E-state index in [1.807, 2.05) is 0 Å². The maximum absolute atomic E-state index is 5.60. The van der Waals surface area contributed by atoms with Crippen molar-refractivity contribution in [3.05, 3.63) is 35.9 Å². The van der Waals surface area contributed by atoms with E-state index in [4.69, 9.17) is 5.73 Å². The largest absolute Gasteiger partial charge is 0.362 e. The summed E-state index contributed by atoms with van der Waals surface area (Å²) in [5.74, 6) is 0. The molecule has 0 saturated heterocycles. The van der Waals surface area contributed by atoms with Crippen LogP contribution in [0, 0.1) is 0 Å². The van der Waals surface area contributed by atoms with Crippen molar-refractivity contribution >= 4 is 16.5 Å². The van der Waals surface area contributed by atoms with Crippen LogP contribution in [0.25, 0.3) is 11.3 Å². The van der Waals surface area contributed by atoms with Gasteiger partial charge in [-0.1, -0.05) is 24.3 Å². The lowest BCUT2D eigenvalue weighted by Crippen LogP contribution is -2.17. The molecule has 3 rings (SSSR count). The van der Waals surface area contributed by atoms with Crippen LogP contribution in [-0.2, 0) is 6.54 Å². The fourth-order valence-electron chi connectivity index (χ4n) is 2.02. The Morgan fingerprint density at radius 1 is 1.33 bits per heavy atom. The Kier molecular flexibility index (Phi) is 3.06. The molecule has 1 saturated carbocycles. The van der Waals surface area contributed by atoms with Gasteiger partial charge in [-0.15, -0.1) is 0 Å². The predicted octanol–water partition coefficient (Wildman–Crippen LogP) is 2.87. The normalized spacial score (nSPS) is 14.8. The van der Waals surface area contributed by atoms with Crippen LogP contribution in [0.2, 0.25) is 0 Å². The number of nitrogens with two attached hydrogens (primary N) is 1. The van der Waals surface area contributed by atoms with E-state index in [-0.39, 0.29) is 0 Å². The summed E-state index contributed by atoms with van der Waals surface area (Å²) in [7, 11) is 2.16. The van der Waals surface area contributed by atoms with Crippen molar-refractivity contribution < 1.29 is 0 Å². The van der Waals surface area contributed by atoms with E-state index < -0.39 is 0 Å². The predicted molar refractivity (Wildman–Crippen MR) is 76.9 cm³/mol. The zero-order valence-corrected chi connectivity index (χ0v) is 11.3. The summed E-state index contributed by atoms with van der Waals surface area (Å²) in [4.78, 5) is 2.34. The van der Waals surface area contributed by atoms with Crippen LogP contribution in [-0.4, -0.2) is 17.5 Å². The Balaban J connectivity index is 1.82. The highest BCUT2D eigenvalue weighted by Gasteiger charge is 2.27. The first-order valence-corrected chi connectivity index (χ1v) is 7.04. The van der Waals surface area contributed by atoms with Crippen LogP contribution in [0.3, 0.4) is 0 Å². The molecule has 1 fully saturated rings. The highest BCUT2D eigenvalue weighted by atomic mass is 32.1. The van der Waals surface area contributed by atoms with Crippen molar-refractivity contribution in [2.75, 3.05) is 11.9 Å². The average molecular weight is 259 g/mol. The van der Waals surface area contributed by atoms with E-state index >= 15 is 0 Å². The van der Waals surface area contributed by atoms with Gasteiger partial charge in [-0.3, -0.25) is 0 Å². The first-order valence-electron chi connectivity index (χ1n) is 6.27. The monoisotopic (exact) mass is 259 g/mol. The molecule has 4 heteroatoms. The van der Waals surface area contributed by atoms with Crippen molar-refractivity contribution in [2.24, 2.45) is 5.73 Å². The molecule has 94 valence electrons. The number of hydrogen-bond donors (Lipinski definition) is 1.